The molecular formula is C16H14N2O. The average molecular weight is 250 g/mol. The second kappa shape index (κ2) is 4.69. The number of carbonyl (C=O) groups is 1. The van der Waals surface area contributed by atoms with Crippen LogP contribution in [-0.2, 0) is 6.42 Å². The zero-order valence-corrected chi connectivity index (χ0v) is 10.7. The van der Waals surface area contributed by atoms with Gasteiger partial charge in [-0.3, -0.25) is 9.20 Å². The summed E-state index contributed by atoms with van der Waals surface area (Å²) in [7, 11) is 0. The van der Waals surface area contributed by atoms with Crippen molar-refractivity contribution in [2.24, 2.45) is 0 Å². The Balaban J connectivity index is 2.30. The number of pyridine rings is 1. The van der Waals surface area contributed by atoms with Gasteiger partial charge in [0, 0.05) is 11.8 Å². The molecule has 3 aromatic rings. The molecule has 3 nitrogen and oxygen atoms in total. The summed E-state index contributed by atoms with van der Waals surface area (Å²) in [5, 5.41) is 0. The lowest BCUT2D eigenvalue weighted by Gasteiger charge is -2.09. The summed E-state index contributed by atoms with van der Waals surface area (Å²) in [6.45, 7) is 2.14. The van der Waals surface area contributed by atoms with Crippen LogP contribution in [0.2, 0.25) is 0 Å². The molecule has 19 heavy (non-hydrogen) atoms. The van der Waals surface area contributed by atoms with E-state index in [9.17, 15) is 4.79 Å². The predicted molar refractivity (Wildman–Crippen MR) is 75.4 cm³/mol. The quantitative estimate of drug-likeness (QED) is 0.668. The molecule has 3 rings (SSSR count). The van der Waals surface area contributed by atoms with E-state index in [1.54, 1.807) is 6.20 Å². The Labute approximate surface area is 111 Å². The average Bonchev–Trinajstić information content (AvgIpc) is 2.90. The standard InChI is InChI=1S/C16H14N2O/c1-2-12-6-3-4-7-14(12)15-8-5-9-16-17-13(11-19)10-18(15)16/h3-11H,2H2,1H3. The van der Waals surface area contributed by atoms with Gasteiger partial charge in [0.15, 0.2) is 6.29 Å². The van der Waals surface area contributed by atoms with E-state index in [-0.39, 0.29) is 0 Å². The number of benzene rings is 1. The minimum atomic E-state index is 0.460. The van der Waals surface area contributed by atoms with Crippen LogP contribution in [0.4, 0.5) is 0 Å². The first-order valence-electron chi connectivity index (χ1n) is 6.35. The molecular weight excluding hydrogens is 236 g/mol. The minimum absolute atomic E-state index is 0.460. The monoisotopic (exact) mass is 250 g/mol. The topological polar surface area (TPSA) is 34.4 Å². The van der Waals surface area contributed by atoms with E-state index >= 15 is 0 Å². The van der Waals surface area contributed by atoms with E-state index in [0.717, 1.165) is 24.0 Å². The van der Waals surface area contributed by atoms with Crippen LogP contribution < -0.4 is 0 Å². The zero-order chi connectivity index (χ0) is 13.2. The molecule has 0 aliphatic rings. The number of aromatic nitrogens is 2. The summed E-state index contributed by atoms with van der Waals surface area (Å²) < 4.78 is 1.97. The van der Waals surface area contributed by atoms with Crippen LogP contribution in [-0.4, -0.2) is 15.7 Å². The van der Waals surface area contributed by atoms with Gasteiger partial charge in [-0.25, -0.2) is 4.98 Å². The van der Waals surface area contributed by atoms with Gasteiger partial charge in [0.1, 0.15) is 11.3 Å². The van der Waals surface area contributed by atoms with Gasteiger partial charge in [-0.2, -0.15) is 0 Å². The lowest BCUT2D eigenvalue weighted by atomic mass is 10.0. The third-order valence-corrected chi connectivity index (χ3v) is 3.31. The summed E-state index contributed by atoms with van der Waals surface area (Å²) in [5.74, 6) is 0. The van der Waals surface area contributed by atoms with Crippen LogP contribution in [0.3, 0.4) is 0 Å². The van der Waals surface area contributed by atoms with Crippen molar-refractivity contribution in [3.8, 4) is 11.3 Å². The fourth-order valence-corrected chi connectivity index (χ4v) is 2.38. The van der Waals surface area contributed by atoms with Crippen molar-refractivity contribution < 1.29 is 4.79 Å². The Bertz CT molecular complexity index is 743. The van der Waals surface area contributed by atoms with Crippen molar-refractivity contribution in [3.63, 3.8) is 0 Å². The first kappa shape index (κ1) is 11.7. The Morgan fingerprint density at radius 2 is 2.00 bits per heavy atom. The predicted octanol–water partition coefficient (Wildman–Crippen LogP) is 3.38. The second-order valence-corrected chi connectivity index (χ2v) is 4.43. The lowest BCUT2D eigenvalue weighted by molar-refractivity contribution is 0.111. The lowest BCUT2D eigenvalue weighted by Crippen LogP contribution is -1.94. The largest absolute Gasteiger partial charge is 0.299 e. The number of hydrogen-bond acceptors (Lipinski definition) is 2. The van der Waals surface area contributed by atoms with Gasteiger partial charge in [-0.05, 0) is 24.1 Å². The highest BCUT2D eigenvalue weighted by Gasteiger charge is 2.09. The van der Waals surface area contributed by atoms with Gasteiger partial charge in [0.2, 0.25) is 0 Å². The number of hydrogen-bond donors (Lipinski definition) is 0. The van der Waals surface area contributed by atoms with Crippen molar-refractivity contribution in [3.05, 3.63) is 59.9 Å². The summed E-state index contributed by atoms with van der Waals surface area (Å²) in [4.78, 5) is 15.1. The van der Waals surface area contributed by atoms with Crippen molar-refractivity contribution in [1.29, 1.82) is 0 Å². The number of aldehydes is 1. The van der Waals surface area contributed by atoms with Crippen LogP contribution in [0, 0.1) is 0 Å². The molecule has 0 saturated heterocycles. The number of rotatable bonds is 3. The molecule has 0 spiro atoms. The number of carbonyl (C=O) groups excluding carboxylic acids is 1. The summed E-state index contributed by atoms with van der Waals surface area (Å²) in [6, 6.07) is 14.2. The van der Waals surface area contributed by atoms with Gasteiger partial charge in [0.05, 0.1) is 5.69 Å². The molecule has 2 heterocycles. The highest BCUT2D eigenvalue weighted by molar-refractivity contribution is 5.75. The van der Waals surface area contributed by atoms with Gasteiger partial charge in [-0.1, -0.05) is 37.3 Å². The summed E-state index contributed by atoms with van der Waals surface area (Å²) >= 11 is 0. The summed E-state index contributed by atoms with van der Waals surface area (Å²) in [5.41, 5.74) is 4.80. The molecule has 0 saturated carbocycles. The number of fused-ring (bicyclic) bond motifs is 1. The molecule has 0 N–H and O–H groups in total. The molecule has 1 aromatic carbocycles. The molecule has 0 aliphatic heterocycles. The van der Waals surface area contributed by atoms with E-state index in [2.05, 4.69) is 30.1 Å². The highest BCUT2D eigenvalue weighted by Crippen LogP contribution is 2.25. The van der Waals surface area contributed by atoms with E-state index in [4.69, 9.17) is 0 Å². The minimum Gasteiger partial charge on any atom is -0.299 e. The zero-order valence-electron chi connectivity index (χ0n) is 10.7. The molecule has 0 radical (unpaired) electrons. The van der Waals surface area contributed by atoms with Crippen molar-refractivity contribution in [1.82, 2.24) is 9.38 Å². The fourth-order valence-electron chi connectivity index (χ4n) is 2.38. The van der Waals surface area contributed by atoms with Gasteiger partial charge < -0.3 is 0 Å². The van der Waals surface area contributed by atoms with Crippen molar-refractivity contribution in [2.45, 2.75) is 13.3 Å². The Morgan fingerprint density at radius 3 is 2.79 bits per heavy atom. The van der Waals surface area contributed by atoms with Crippen LogP contribution in [0.25, 0.3) is 16.9 Å². The molecule has 2 aromatic heterocycles. The normalized spacial score (nSPS) is 10.8. The van der Waals surface area contributed by atoms with Crippen LogP contribution >= 0.6 is 0 Å². The first-order valence-corrected chi connectivity index (χ1v) is 6.35. The third-order valence-electron chi connectivity index (χ3n) is 3.31. The van der Waals surface area contributed by atoms with Crippen LogP contribution in [0.5, 0.6) is 0 Å². The number of nitrogens with zero attached hydrogens (tertiary/aromatic N) is 2. The summed E-state index contributed by atoms with van der Waals surface area (Å²) in [6.07, 6.45) is 3.54. The van der Waals surface area contributed by atoms with E-state index in [1.165, 1.54) is 11.1 Å². The van der Waals surface area contributed by atoms with E-state index in [1.807, 2.05) is 28.7 Å². The van der Waals surface area contributed by atoms with Gasteiger partial charge in [0.25, 0.3) is 0 Å². The van der Waals surface area contributed by atoms with Gasteiger partial charge in [-0.15, -0.1) is 0 Å². The van der Waals surface area contributed by atoms with Crippen molar-refractivity contribution >= 4 is 11.9 Å². The maximum absolute atomic E-state index is 10.9. The number of aryl methyl sites for hydroxylation is 1. The van der Waals surface area contributed by atoms with Crippen LogP contribution in [0.15, 0.2) is 48.7 Å². The molecule has 0 atom stereocenters. The maximum atomic E-state index is 10.9. The number of imidazole rings is 1. The fraction of sp³-hybridized carbons (Fsp3) is 0.125. The smallest absolute Gasteiger partial charge is 0.170 e. The van der Waals surface area contributed by atoms with E-state index < -0.39 is 0 Å². The molecule has 0 unspecified atom stereocenters. The maximum Gasteiger partial charge on any atom is 0.170 e. The highest BCUT2D eigenvalue weighted by atomic mass is 16.1. The first-order chi connectivity index (χ1) is 9.33. The SMILES string of the molecule is CCc1ccccc1-c1cccc2nc(C=O)cn12. The molecule has 0 aliphatic carbocycles. The Hall–Kier alpha value is -2.42. The Morgan fingerprint density at radius 1 is 1.16 bits per heavy atom. The second-order valence-electron chi connectivity index (χ2n) is 4.43. The molecule has 0 fully saturated rings. The molecule has 0 amide bonds. The molecule has 0 bridgehead atoms. The Kier molecular flexibility index (Phi) is 2.88. The van der Waals surface area contributed by atoms with Gasteiger partial charge >= 0.3 is 0 Å². The van der Waals surface area contributed by atoms with E-state index in [0.29, 0.717) is 5.69 Å². The molecule has 94 valence electrons. The van der Waals surface area contributed by atoms with Crippen LogP contribution in [0.1, 0.15) is 23.0 Å². The van der Waals surface area contributed by atoms with Crippen molar-refractivity contribution in [2.75, 3.05) is 0 Å². The molecule has 3 heteroatoms. The third kappa shape index (κ3) is 1.93.